The van der Waals surface area contributed by atoms with Gasteiger partial charge in [-0.3, -0.25) is 9.59 Å². The zero-order chi connectivity index (χ0) is 20.3. The number of carbonyl (C=O) groups is 2. The number of halogens is 2. The van der Waals surface area contributed by atoms with Crippen molar-refractivity contribution in [1.29, 1.82) is 0 Å². The predicted molar refractivity (Wildman–Crippen MR) is 113 cm³/mol. The fourth-order valence-electron chi connectivity index (χ4n) is 3.91. The number of hydrogen-bond acceptors (Lipinski definition) is 3. The second kappa shape index (κ2) is 8.72. The molecule has 28 heavy (non-hydrogen) atoms. The molecule has 2 aromatic rings. The van der Waals surface area contributed by atoms with Gasteiger partial charge in [0.25, 0.3) is 5.91 Å². The van der Waals surface area contributed by atoms with E-state index in [0.717, 1.165) is 49.7 Å². The lowest BCUT2D eigenvalue weighted by Gasteiger charge is -2.38. The SMILES string of the molecule is CC(=O)NCCCC1(NC(=O)c2cc3c(Cl)c(Cl)ccc3n2C)CCCNC1. The average Bonchev–Trinajstić information content (AvgIpc) is 3.00. The molecule has 0 radical (unpaired) electrons. The summed E-state index contributed by atoms with van der Waals surface area (Å²) in [5.41, 5.74) is 1.08. The van der Waals surface area contributed by atoms with Crippen LogP contribution in [-0.4, -0.2) is 41.6 Å². The molecule has 1 fully saturated rings. The van der Waals surface area contributed by atoms with Crippen LogP contribution < -0.4 is 16.0 Å². The Morgan fingerprint density at radius 1 is 1.32 bits per heavy atom. The summed E-state index contributed by atoms with van der Waals surface area (Å²) in [7, 11) is 1.85. The van der Waals surface area contributed by atoms with Gasteiger partial charge in [0.2, 0.25) is 5.91 Å². The molecular formula is C20H26Cl2N4O2. The first-order chi connectivity index (χ1) is 13.3. The molecule has 2 heterocycles. The zero-order valence-electron chi connectivity index (χ0n) is 16.2. The summed E-state index contributed by atoms with van der Waals surface area (Å²) in [5, 5.41) is 11.2. The van der Waals surface area contributed by atoms with Gasteiger partial charge in [0.1, 0.15) is 5.69 Å². The Morgan fingerprint density at radius 2 is 2.11 bits per heavy atom. The lowest BCUT2D eigenvalue weighted by molar-refractivity contribution is -0.118. The topological polar surface area (TPSA) is 75.2 Å². The van der Waals surface area contributed by atoms with Crippen molar-refractivity contribution in [2.75, 3.05) is 19.6 Å². The lowest BCUT2D eigenvalue weighted by Crippen LogP contribution is -2.58. The number of rotatable bonds is 6. The summed E-state index contributed by atoms with van der Waals surface area (Å²) < 4.78 is 1.84. The highest BCUT2D eigenvalue weighted by atomic mass is 35.5. The van der Waals surface area contributed by atoms with E-state index >= 15 is 0 Å². The van der Waals surface area contributed by atoms with Crippen molar-refractivity contribution in [1.82, 2.24) is 20.5 Å². The Morgan fingerprint density at radius 3 is 2.79 bits per heavy atom. The Bertz CT molecular complexity index is 888. The molecule has 2 amide bonds. The quantitative estimate of drug-likeness (QED) is 0.622. The monoisotopic (exact) mass is 424 g/mol. The highest BCUT2D eigenvalue weighted by Gasteiger charge is 2.34. The van der Waals surface area contributed by atoms with Crippen molar-refractivity contribution in [2.24, 2.45) is 7.05 Å². The van der Waals surface area contributed by atoms with Crippen LogP contribution in [0.5, 0.6) is 0 Å². The van der Waals surface area contributed by atoms with E-state index in [0.29, 0.717) is 22.3 Å². The zero-order valence-corrected chi connectivity index (χ0v) is 17.7. The van der Waals surface area contributed by atoms with Gasteiger partial charge in [-0.25, -0.2) is 0 Å². The molecule has 1 unspecified atom stereocenters. The van der Waals surface area contributed by atoms with E-state index in [9.17, 15) is 9.59 Å². The number of fused-ring (bicyclic) bond motifs is 1. The van der Waals surface area contributed by atoms with Crippen LogP contribution in [0.2, 0.25) is 10.0 Å². The third-order valence-corrected chi connectivity index (χ3v) is 6.22. The number of piperidine rings is 1. The average molecular weight is 425 g/mol. The lowest BCUT2D eigenvalue weighted by atomic mass is 9.85. The molecule has 8 heteroatoms. The number of aromatic nitrogens is 1. The predicted octanol–water partition coefficient (Wildman–Crippen LogP) is 3.25. The first-order valence-corrected chi connectivity index (χ1v) is 10.3. The molecular weight excluding hydrogens is 399 g/mol. The highest BCUT2D eigenvalue weighted by Crippen LogP contribution is 2.33. The minimum Gasteiger partial charge on any atom is -0.356 e. The maximum atomic E-state index is 13.1. The van der Waals surface area contributed by atoms with Gasteiger partial charge in [-0.15, -0.1) is 0 Å². The summed E-state index contributed by atoms with van der Waals surface area (Å²) >= 11 is 12.4. The van der Waals surface area contributed by atoms with E-state index in [1.807, 2.05) is 17.7 Å². The number of amides is 2. The largest absolute Gasteiger partial charge is 0.356 e. The van der Waals surface area contributed by atoms with Gasteiger partial charge in [-0.2, -0.15) is 0 Å². The van der Waals surface area contributed by atoms with Gasteiger partial charge in [-0.1, -0.05) is 23.2 Å². The number of nitrogens with zero attached hydrogens (tertiary/aromatic N) is 1. The second-order valence-electron chi connectivity index (χ2n) is 7.48. The maximum Gasteiger partial charge on any atom is 0.268 e. The van der Waals surface area contributed by atoms with E-state index in [1.54, 1.807) is 12.1 Å². The summed E-state index contributed by atoms with van der Waals surface area (Å²) in [5.74, 6) is -0.167. The Kier molecular flexibility index (Phi) is 6.53. The summed E-state index contributed by atoms with van der Waals surface area (Å²) in [6, 6.07) is 5.40. The Hall–Kier alpha value is -1.76. The first kappa shape index (κ1) is 21.0. The van der Waals surface area contributed by atoms with Crippen molar-refractivity contribution in [3.8, 4) is 0 Å². The molecule has 1 saturated heterocycles. The van der Waals surface area contributed by atoms with E-state index in [-0.39, 0.29) is 17.4 Å². The van der Waals surface area contributed by atoms with Gasteiger partial charge in [0.15, 0.2) is 0 Å². The molecule has 1 aliphatic rings. The third kappa shape index (κ3) is 4.45. The Labute approximate surface area is 174 Å². The fourth-order valence-corrected chi connectivity index (χ4v) is 4.29. The van der Waals surface area contributed by atoms with Crippen molar-refractivity contribution < 1.29 is 9.59 Å². The van der Waals surface area contributed by atoms with Gasteiger partial charge in [0, 0.05) is 38.0 Å². The van der Waals surface area contributed by atoms with Crippen molar-refractivity contribution in [3.05, 3.63) is 33.9 Å². The van der Waals surface area contributed by atoms with Crippen LogP contribution in [0.1, 0.15) is 43.1 Å². The fraction of sp³-hybridized carbons (Fsp3) is 0.500. The summed E-state index contributed by atoms with van der Waals surface area (Å²) in [4.78, 5) is 24.2. The van der Waals surface area contributed by atoms with Gasteiger partial charge < -0.3 is 20.5 Å². The minimum absolute atomic E-state index is 0.0362. The molecule has 1 aromatic heterocycles. The molecule has 0 aliphatic carbocycles. The molecule has 6 nitrogen and oxygen atoms in total. The summed E-state index contributed by atoms with van der Waals surface area (Å²) in [6.45, 7) is 3.78. The minimum atomic E-state index is -0.328. The second-order valence-corrected chi connectivity index (χ2v) is 8.27. The molecule has 0 spiro atoms. The van der Waals surface area contributed by atoms with Crippen LogP contribution in [0.3, 0.4) is 0 Å². The van der Waals surface area contributed by atoms with Gasteiger partial charge in [0.05, 0.1) is 15.6 Å². The van der Waals surface area contributed by atoms with E-state index < -0.39 is 0 Å². The molecule has 1 aliphatic heterocycles. The first-order valence-electron chi connectivity index (χ1n) is 9.54. The van der Waals surface area contributed by atoms with Crippen molar-refractivity contribution >= 4 is 45.9 Å². The van der Waals surface area contributed by atoms with E-state index in [1.165, 1.54) is 6.92 Å². The molecule has 1 atom stereocenters. The normalized spacial score (nSPS) is 19.6. The molecule has 3 rings (SSSR count). The van der Waals surface area contributed by atoms with Crippen LogP contribution in [0, 0.1) is 0 Å². The maximum absolute atomic E-state index is 13.1. The van der Waals surface area contributed by atoms with Crippen molar-refractivity contribution in [2.45, 2.75) is 38.1 Å². The number of aryl methyl sites for hydroxylation is 1. The van der Waals surface area contributed by atoms with Crippen LogP contribution >= 0.6 is 23.2 Å². The molecule has 0 bridgehead atoms. The smallest absolute Gasteiger partial charge is 0.268 e. The van der Waals surface area contributed by atoms with E-state index in [4.69, 9.17) is 23.2 Å². The summed E-state index contributed by atoms with van der Waals surface area (Å²) in [6.07, 6.45) is 3.50. The molecule has 0 saturated carbocycles. The van der Waals surface area contributed by atoms with Gasteiger partial charge >= 0.3 is 0 Å². The third-order valence-electron chi connectivity index (χ3n) is 5.40. The number of benzene rings is 1. The number of hydrogen-bond donors (Lipinski definition) is 3. The van der Waals surface area contributed by atoms with Crippen LogP contribution in [0.15, 0.2) is 18.2 Å². The number of carbonyl (C=O) groups excluding carboxylic acids is 2. The molecule has 152 valence electrons. The van der Waals surface area contributed by atoms with Gasteiger partial charge in [-0.05, 0) is 50.4 Å². The molecule has 3 N–H and O–H groups in total. The van der Waals surface area contributed by atoms with Crippen LogP contribution in [0.4, 0.5) is 0 Å². The van der Waals surface area contributed by atoms with Crippen LogP contribution in [-0.2, 0) is 11.8 Å². The highest BCUT2D eigenvalue weighted by molar-refractivity contribution is 6.45. The molecule has 1 aromatic carbocycles. The van der Waals surface area contributed by atoms with E-state index in [2.05, 4.69) is 16.0 Å². The Balaban J connectivity index is 1.80. The van der Waals surface area contributed by atoms with Crippen molar-refractivity contribution in [3.63, 3.8) is 0 Å². The standard InChI is InChI=1S/C20H26Cl2N4O2/c1-13(27)24-10-4-8-20(7-3-9-23-12-20)25-19(28)17-11-14-16(26(17)2)6-5-15(21)18(14)22/h5-6,11,23H,3-4,7-10,12H2,1-2H3,(H,24,27)(H,25,28). The van der Waals surface area contributed by atoms with Crippen LogP contribution in [0.25, 0.3) is 10.9 Å². The number of nitrogens with one attached hydrogen (secondary N) is 3.